The zero-order valence-electron chi connectivity index (χ0n) is 16.8. The van der Waals surface area contributed by atoms with Crippen molar-refractivity contribution in [2.24, 2.45) is 0 Å². The van der Waals surface area contributed by atoms with Crippen molar-refractivity contribution >= 4 is 33.2 Å². The Kier molecular flexibility index (Phi) is 5.03. The molecule has 2 N–H and O–H groups in total. The maximum absolute atomic E-state index is 12.7. The van der Waals surface area contributed by atoms with E-state index < -0.39 is 21.5 Å². The highest BCUT2D eigenvalue weighted by Crippen LogP contribution is 2.39. The molecule has 2 heterocycles. The molecule has 1 saturated heterocycles. The summed E-state index contributed by atoms with van der Waals surface area (Å²) in [5.74, 6) is -0.273. The molecule has 2 aromatic rings. The van der Waals surface area contributed by atoms with Gasteiger partial charge in [-0.15, -0.1) is 0 Å². The summed E-state index contributed by atoms with van der Waals surface area (Å²) in [5.41, 5.74) is 0.0848. The van der Waals surface area contributed by atoms with E-state index >= 15 is 0 Å². The molecule has 1 fully saturated rings. The number of para-hydroxylation sites is 1. The Labute approximate surface area is 175 Å². The standard InChI is InChI=1S/C21H23N3O5S/c1-21(2)20(26)23-18-16(6-5-7-17(18)29-21)22-19(25)14-8-10-15(11-9-14)30(27,28)24-12-3-4-13-24/h5-11H,3-4,12-13H2,1-2H3,(H,22,25)(H,23,26). The molecule has 9 heteroatoms. The van der Waals surface area contributed by atoms with Gasteiger partial charge in [0.1, 0.15) is 11.4 Å². The van der Waals surface area contributed by atoms with Crippen molar-refractivity contribution in [3.8, 4) is 5.75 Å². The van der Waals surface area contributed by atoms with Crippen molar-refractivity contribution in [1.29, 1.82) is 0 Å². The summed E-state index contributed by atoms with van der Waals surface area (Å²) in [5, 5.41) is 5.53. The maximum atomic E-state index is 12.7. The molecule has 0 aliphatic carbocycles. The number of ether oxygens (including phenoxy) is 1. The lowest BCUT2D eigenvalue weighted by molar-refractivity contribution is -0.129. The molecule has 0 unspecified atom stereocenters. The van der Waals surface area contributed by atoms with Gasteiger partial charge >= 0.3 is 0 Å². The number of nitrogens with zero attached hydrogens (tertiary/aromatic N) is 1. The fraction of sp³-hybridized carbons (Fsp3) is 0.333. The highest BCUT2D eigenvalue weighted by molar-refractivity contribution is 7.89. The first-order valence-electron chi connectivity index (χ1n) is 9.73. The first-order chi connectivity index (χ1) is 14.2. The molecular formula is C21H23N3O5S. The molecular weight excluding hydrogens is 406 g/mol. The summed E-state index contributed by atoms with van der Waals surface area (Å²) in [6.07, 6.45) is 1.72. The summed E-state index contributed by atoms with van der Waals surface area (Å²) < 4.78 is 32.4. The topological polar surface area (TPSA) is 105 Å². The Morgan fingerprint density at radius 2 is 1.77 bits per heavy atom. The summed E-state index contributed by atoms with van der Waals surface area (Å²) in [6, 6.07) is 10.9. The molecule has 2 aliphatic heterocycles. The molecule has 2 amide bonds. The third kappa shape index (κ3) is 3.66. The van der Waals surface area contributed by atoms with Crippen molar-refractivity contribution in [2.45, 2.75) is 37.2 Å². The van der Waals surface area contributed by atoms with Crippen LogP contribution in [0.2, 0.25) is 0 Å². The van der Waals surface area contributed by atoms with Crippen LogP contribution in [0.25, 0.3) is 0 Å². The Morgan fingerprint density at radius 3 is 2.43 bits per heavy atom. The van der Waals surface area contributed by atoms with E-state index in [1.807, 2.05) is 0 Å². The lowest BCUT2D eigenvalue weighted by Crippen LogP contribution is -2.45. The van der Waals surface area contributed by atoms with Gasteiger partial charge in [0.25, 0.3) is 11.8 Å². The minimum Gasteiger partial charge on any atom is -0.476 e. The van der Waals surface area contributed by atoms with Gasteiger partial charge < -0.3 is 15.4 Å². The van der Waals surface area contributed by atoms with E-state index in [4.69, 9.17) is 4.74 Å². The zero-order valence-corrected chi connectivity index (χ0v) is 17.6. The third-order valence-electron chi connectivity index (χ3n) is 5.24. The van der Waals surface area contributed by atoms with Crippen LogP contribution in [0.15, 0.2) is 47.4 Å². The van der Waals surface area contributed by atoms with Crippen LogP contribution in [0, 0.1) is 0 Å². The molecule has 0 saturated carbocycles. The number of rotatable bonds is 4. The Morgan fingerprint density at radius 1 is 1.10 bits per heavy atom. The van der Waals surface area contributed by atoms with E-state index in [0.717, 1.165) is 12.8 Å². The average Bonchev–Trinajstić information content (AvgIpc) is 3.25. The van der Waals surface area contributed by atoms with Crippen LogP contribution < -0.4 is 15.4 Å². The van der Waals surface area contributed by atoms with Gasteiger partial charge in [0.15, 0.2) is 5.60 Å². The number of anilines is 2. The minimum atomic E-state index is -3.53. The van der Waals surface area contributed by atoms with Crippen molar-refractivity contribution in [1.82, 2.24) is 4.31 Å². The van der Waals surface area contributed by atoms with Crippen LogP contribution in [-0.2, 0) is 14.8 Å². The molecule has 0 radical (unpaired) electrons. The summed E-state index contributed by atoms with van der Waals surface area (Å²) in [6.45, 7) is 4.37. The van der Waals surface area contributed by atoms with Crippen LogP contribution in [0.3, 0.4) is 0 Å². The second kappa shape index (κ2) is 7.41. The summed E-state index contributed by atoms with van der Waals surface area (Å²) in [4.78, 5) is 25.1. The molecule has 0 atom stereocenters. The number of amides is 2. The van der Waals surface area contributed by atoms with Crippen LogP contribution in [0.1, 0.15) is 37.0 Å². The van der Waals surface area contributed by atoms with Crippen LogP contribution in [0.4, 0.5) is 11.4 Å². The van der Waals surface area contributed by atoms with Gasteiger partial charge in [-0.3, -0.25) is 9.59 Å². The third-order valence-corrected chi connectivity index (χ3v) is 7.16. The fourth-order valence-corrected chi connectivity index (χ4v) is 5.00. The molecule has 2 aromatic carbocycles. The number of carbonyl (C=O) groups is 2. The van der Waals surface area contributed by atoms with Crippen molar-refractivity contribution < 1.29 is 22.7 Å². The number of nitrogens with one attached hydrogen (secondary N) is 2. The Balaban J connectivity index is 1.54. The number of hydrogen-bond donors (Lipinski definition) is 2. The number of carbonyl (C=O) groups excluding carboxylic acids is 2. The number of benzene rings is 2. The van der Waals surface area contributed by atoms with Crippen molar-refractivity contribution in [2.75, 3.05) is 23.7 Å². The molecule has 0 spiro atoms. The lowest BCUT2D eigenvalue weighted by atomic mass is 10.1. The smallest absolute Gasteiger partial charge is 0.268 e. The van der Waals surface area contributed by atoms with Crippen LogP contribution in [-0.4, -0.2) is 43.2 Å². The highest BCUT2D eigenvalue weighted by atomic mass is 32.2. The van der Waals surface area contributed by atoms with E-state index in [9.17, 15) is 18.0 Å². The first kappa shape index (κ1) is 20.4. The highest BCUT2D eigenvalue weighted by Gasteiger charge is 2.36. The molecule has 4 rings (SSSR count). The Hall–Kier alpha value is -2.91. The lowest BCUT2D eigenvalue weighted by Gasteiger charge is -2.32. The van der Waals surface area contributed by atoms with Crippen LogP contribution in [0.5, 0.6) is 5.75 Å². The van der Waals surface area contributed by atoms with Crippen molar-refractivity contribution in [3.63, 3.8) is 0 Å². The number of sulfonamides is 1. The minimum absolute atomic E-state index is 0.168. The maximum Gasteiger partial charge on any atom is 0.268 e. The monoisotopic (exact) mass is 429 g/mol. The van der Waals surface area contributed by atoms with Gasteiger partial charge in [0, 0.05) is 18.7 Å². The second-order valence-corrected chi connectivity index (χ2v) is 9.77. The predicted molar refractivity (Wildman–Crippen MR) is 112 cm³/mol. The summed E-state index contributed by atoms with van der Waals surface area (Å²) in [7, 11) is -3.53. The number of hydrogen-bond acceptors (Lipinski definition) is 5. The van der Waals surface area contributed by atoms with Crippen LogP contribution >= 0.6 is 0 Å². The molecule has 30 heavy (non-hydrogen) atoms. The second-order valence-electron chi connectivity index (χ2n) is 7.83. The van der Waals surface area contributed by atoms with E-state index in [-0.39, 0.29) is 10.8 Å². The van der Waals surface area contributed by atoms with Gasteiger partial charge in [-0.25, -0.2) is 8.42 Å². The van der Waals surface area contributed by atoms with Gasteiger partial charge in [-0.05, 0) is 63.1 Å². The Bertz CT molecular complexity index is 1100. The molecule has 8 nitrogen and oxygen atoms in total. The van der Waals surface area contributed by atoms with E-state index in [0.29, 0.717) is 35.8 Å². The van der Waals surface area contributed by atoms with Gasteiger partial charge in [0.05, 0.1) is 10.6 Å². The van der Waals surface area contributed by atoms with Gasteiger partial charge in [0.2, 0.25) is 10.0 Å². The van der Waals surface area contributed by atoms with E-state index in [1.54, 1.807) is 32.0 Å². The molecule has 0 bridgehead atoms. The SMILES string of the molecule is CC1(C)Oc2cccc(NC(=O)c3ccc(S(=O)(=O)N4CCCC4)cc3)c2NC1=O. The van der Waals surface area contributed by atoms with Crippen molar-refractivity contribution in [3.05, 3.63) is 48.0 Å². The zero-order chi connectivity index (χ0) is 21.5. The first-order valence-corrected chi connectivity index (χ1v) is 11.2. The number of fused-ring (bicyclic) bond motifs is 1. The largest absolute Gasteiger partial charge is 0.476 e. The average molecular weight is 429 g/mol. The fourth-order valence-electron chi connectivity index (χ4n) is 3.48. The predicted octanol–water partition coefficient (Wildman–Crippen LogP) is 2.83. The normalized spacial score (nSPS) is 18.3. The molecule has 2 aliphatic rings. The molecule has 0 aromatic heterocycles. The van der Waals surface area contributed by atoms with Gasteiger partial charge in [-0.1, -0.05) is 6.07 Å². The quantitative estimate of drug-likeness (QED) is 0.778. The molecule has 158 valence electrons. The van der Waals surface area contributed by atoms with E-state index in [1.165, 1.54) is 28.6 Å². The van der Waals surface area contributed by atoms with Gasteiger partial charge in [-0.2, -0.15) is 4.31 Å². The summed E-state index contributed by atoms with van der Waals surface area (Å²) >= 11 is 0. The van der Waals surface area contributed by atoms with E-state index in [2.05, 4.69) is 10.6 Å².